The van der Waals surface area contributed by atoms with Gasteiger partial charge in [-0.3, -0.25) is 0 Å². The average Bonchev–Trinajstić information content (AvgIpc) is 2.72. The molecule has 0 aromatic carbocycles. The van der Waals surface area contributed by atoms with Crippen LogP contribution < -0.4 is 5.73 Å². The predicted octanol–water partition coefficient (Wildman–Crippen LogP) is 2.06. The molecule has 1 aromatic heterocycles. The number of nitrogens with zero attached hydrogens (tertiary/aromatic N) is 2. The summed E-state index contributed by atoms with van der Waals surface area (Å²) in [6.45, 7) is 0. The van der Waals surface area contributed by atoms with Crippen molar-refractivity contribution in [2.45, 2.75) is 38.1 Å². The Kier molecular flexibility index (Phi) is 3.09. The molecule has 1 atom stereocenters. The van der Waals surface area contributed by atoms with E-state index in [1.54, 1.807) is 6.33 Å². The number of nitrogens with two attached hydrogens (primary N) is 1. The summed E-state index contributed by atoms with van der Waals surface area (Å²) in [6, 6.07) is 0.124. The van der Waals surface area contributed by atoms with Gasteiger partial charge in [0.25, 0.3) is 0 Å². The predicted molar refractivity (Wildman–Crippen MR) is 55.5 cm³/mol. The molecule has 1 aliphatic carbocycles. The highest BCUT2D eigenvalue weighted by atomic mass is 14.8. The van der Waals surface area contributed by atoms with Crippen LogP contribution in [0.1, 0.15) is 43.7 Å². The molecule has 2 rings (SSSR count). The van der Waals surface area contributed by atoms with Crippen LogP contribution in [0.4, 0.5) is 0 Å². The summed E-state index contributed by atoms with van der Waals surface area (Å²) in [7, 11) is 0. The Bertz CT molecular complexity index is 267. The minimum atomic E-state index is 0.124. The van der Waals surface area contributed by atoms with Crippen LogP contribution in [0.15, 0.2) is 18.7 Å². The first-order valence-electron chi connectivity index (χ1n) is 5.37. The molecule has 0 bridgehead atoms. The zero-order chi connectivity index (χ0) is 9.80. The summed E-state index contributed by atoms with van der Waals surface area (Å²) in [5.41, 5.74) is 7.16. The molecule has 3 nitrogen and oxygen atoms in total. The van der Waals surface area contributed by atoms with Crippen molar-refractivity contribution in [2.24, 2.45) is 11.7 Å². The Labute approximate surface area is 84.8 Å². The standard InChI is InChI=1S/C11H17N3/c12-11(5-9-3-1-2-4-9)10-6-13-8-14-7-10/h6-9,11H,1-5,12H2. The van der Waals surface area contributed by atoms with E-state index in [2.05, 4.69) is 9.97 Å². The minimum Gasteiger partial charge on any atom is -0.324 e. The largest absolute Gasteiger partial charge is 0.324 e. The average molecular weight is 191 g/mol. The molecule has 14 heavy (non-hydrogen) atoms. The summed E-state index contributed by atoms with van der Waals surface area (Å²) < 4.78 is 0. The minimum absolute atomic E-state index is 0.124. The molecular formula is C11H17N3. The lowest BCUT2D eigenvalue weighted by atomic mass is 9.96. The van der Waals surface area contributed by atoms with Crippen LogP contribution in [0.25, 0.3) is 0 Å². The maximum atomic E-state index is 6.09. The zero-order valence-corrected chi connectivity index (χ0v) is 8.39. The van der Waals surface area contributed by atoms with Crippen LogP contribution >= 0.6 is 0 Å². The van der Waals surface area contributed by atoms with Gasteiger partial charge < -0.3 is 5.73 Å². The van der Waals surface area contributed by atoms with E-state index in [4.69, 9.17) is 5.73 Å². The maximum absolute atomic E-state index is 6.09. The van der Waals surface area contributed by atoms with Gasteiger partial charge in [-0.25, -0.2) is 9.97 Å². The summed E-state index contributed by atoms with van der Waals surface area (Å²) in [6.07, 6.45) is 11.7. The summed E-state index contributed by atoms with van der Waals surface area (Å²) >= 11 is 0. The van der Waals surface area contributed by atoms with E-state index >= 15 is 0 Å². The highest BCUT2D eigenvalue weighted by Gasteiger charge is 2.18. The van der Waals surface area contributed by atoms with Gasteiger partial charge in [-0.1, -0.05) is 25.7 Å². The van der Waals surface area contributed by atoms with E-state index in [1.807, 2.05) is 12.4 Å². The Morgan fingerprint density at radius 3 is 2.57 bits per heavy atom. The molecule has 1 fully saturated rings. The van der Waals surface area contributed by atoms with E-state index in [1.165, 1.54) is 25.7 Å². The van der Waals surface area contributed by atoms with Crippen molar-refractivity contribution >= 4 is 0 Å². The third-order valence-corrected chi connectivity index (χ3v) is 3.07. The van der Waals surface area contributed by atoms with Gasteiger partial charge in [-0.05, 0) is 12.3 Å². The second-order valence-corrected chi connectivity index (χ2v) is 4.16. The van der Waals surface area contributed by atoms with Crippen molar-refractivity contribution in [1.29, 1.82) is 0 Å². The van der Waals surface area contributed by atoms with Gasteiger partial charge in [0.15, 0.2) is 0 Å². The van der Waals surface area contributed by atoms with Gasteiger partial charge in [-0.2, -0.15) is 0 Å². The van der Waals surface area contributed by atoms with Gasteiger partial charge in [0.1, 0.15) is 6.33 Å². The van der Waals surface area contributed by atoms with Gasteiger partial charge in [-0.15, -0.1) is 0 Å². The van der Waals surface area contributed by atoms with Crippen molar-refractivity contribution in [3.63, 3.8) is 0 Å². The molecule has 0 spiro atoms. The highest BCUT2D eigenvalue weighted by molar-refractivity contribution is 5.08. The van der Waals surface area contributed by atoms with Gasteiger partial charge in [0.2, 0.25) is 0 Å². The molecular weight excluding hydrogens is 174 g/mol. The van der Waals surface area contributed by atoms with Crippen LogP contribution in [0.2, 0.25) is 0 Å². The molecule has 2 N–H and O–H groups in total. The highest BCUT2D eigenvalue weighted by Crippen LogP contribution is 2.31. The molecule has 1 saturated carbocycles. The fourth-order valence-corrected chi connectivity index (χ4v) is 2.24. The smallest absolute Gasteiger partial charge is 0.115 e. The van der Waals surface area contributed by atoms with Crippen LogP contribution in [0, 0.1) is 5.92 Å². The summed E-state index contributed by atoms with van der Waals surface area (Å²) in [5.74, 6) is 0.824. The van der Waals surface area contributed by atoms with Crippen molar-refractivity contribution in [2.75, 3.05) is 0 Å². The van der Waals surface area contributed by atoms with Crippen molar-refractivity contribution in [1.82, 2.24) is 9.97 Å². The first kappa shape index (κ1) is 9.59. The molecule has 0 aliphatic heterocycles. The lowest BCUT2D eigenvalue weighted by Gasteiger charge is -2.15. The first-order valence-corrected chi connectivity index (χ1v) is 5.37. The molecule has 0 amide bonds. The van der Waals surface area contributed by atoms with Gasteiger partial charge in [0, 0.05) is 24.0 Å². The van der Waals surface area contributed by atoms with E-state index in [0.717, 1.165) is 17.9 Å². The van der Waals surface area contributed by atoms with E-state index in [9.17, 15) is 0 Å². The fourth-order valence-electron chi connectivity index (χ4n) is 2.24. The Morgan fingerprint density at radius 1 is 1.29 bits per heavy atom. The molecule has 0 radical (unpaired) electrons. The summed E-state index contributed by atoms with van der Waals surface area (Å²) in [4.78, 5) is 7.98. The van der Waals surface area contributed by atoms with E-state index in [-0.39, 0.29) is 6.04 Å². The van der Waals surface area contributed by atoms with Crippen LogP contribution in [0.3, 0.4) is 0 Å². The number of hydrogen-bond donors (Lipinski definition) is 1. The second-order valence-electron chi connectivity index (χ2n) is 4.16. The molecule has 3 heteroatoms. The zero-order valence-electron chi connectivity index (χ0n) is 8.39. The molecule has 1 heterocycles. The first-order chi connectivity index (χ1) is 6.86. The number of aromatic nitrogens is 2. The van der Waals surface area contributed by atoms with Crippen molar-refractivity contribution in [3.8, 4) is 0 Å². The molecule has 1 unspecified atom stereocenters. The topological polar surface area (TPSA) is 51.8 Å². The molecule has 76 valence electrons. The second kappa shape index (κ2) is 4.51. The molecule has 1 aliphatic rings. The van der Waals surface area contributed by atoms with E-state index in [0.29, 0.717) is 0 Å². The number of rotatable bonds is 3. The maximum Gasteiger partial charge on any atom is 0.115 e. The van der Waals surface area contributed by atoms with Crippen molar-refractivity contribution in [3.05, 3.63) is 24.3 Å². The van der Waals surface area contributed by atoms with Crippen LogP contribution in [0.5, 0.6) is 0 Å². The third-order valence-electron chi connectivity index (χ3n) is 3.07. The lowest BCUT2D eigenvalue weighted by Crippen LogP contribution is -2.14. The monoisotopic (exact) mass is 191 g/mol. The molecule has 1 aromatic rings. The van der Waals surface area contributed by atoms with Gasteiger partial charge in [0.05, 0.1) is 0 Å². The fraction of sp³-hybridized carbons (Fsp3) is 0.636. The Morgan fingerprint density at radius 2 is 1.93 bits per heavy atom. The van der Waals surface area contributed by atoms with Crippen LogP contribution in [-0.4, -0.2) is 9.97 Å². The quantitative estimate of drug-likeness (QED) is 0.795. The van der Waals surface area contributed by atoms with Crippen LogP contribution in [-0.2, 0) is 0 Å². The SMILES string of the molecule is NC(CC1CCCC1)c1cncnc1. The lowest BCUT2D eigenvalue weighted by molar-refractivity contribution is 0.449. The Hall–Kier alpha value is -0.960. The normalized spacial score (nSPS) is 19.8. The summed E-state index contributed by atoms with van der Waals surface area (Å²) in [5, 5.41) is 0. The number of hydrogen-bond acceptors (Lipinski definition) is 3. The van der Waals surface area contributed by atoms with Gasteiger partial charge >= 0.3 is 0 Å². The molecule has 0 saturated heterocycles. The van der Waals surface area contributed by atoms with E-state index < -0.39 is 0 Å². The Balaban J connectivity index is 1.92. The van der Waals surface area contributed by atoms with Crippen molar-refractivity contribution < 1.29 is 0 Å². The third kappa shape index (κ3) is 2.29.